The minimum absolute atomic E-state index is 1.19. The Morgan fingerprint density at radius 2 is 0.933 bits per heavy atom. The molecule has 0 aliphatic carbocycles. The lowest BCUT2D eigenvalue weighted by Gasteiger charge is -2.11. The second-order valence-corrected chi connectivity index (χ2v) is 8.95. The van der Waals surface area contributed by atoms with Crippen molar-refractivity contribution < 1.29 is 0 Å². The molecule has 0 aliphatic heterocycles. The zero-order chi connectivity index (χ0) is 20.8. The molecule has 0 aliphatic rings. The van der Waals surface area contributed by atoms with Crippen molar-refractivity contribution in [2.75, 3.05) is 0 Å². The van der Waals surface area contributed by atoms with Gasteiger partial charge < -0.3 is 0 Å². The van der Waals surface area contributed by atoms with E-state index in [-0.39, 0.29) is 0 Å². The lowest BCUT2D eigenvalue weighted by Crippen LogP contribution is -1.90. The van der Waals surface area contributed by atoms with Gasteiger partial charge in [0.2, 0.25) is 0 Å². The van der Waals surface area contributed by atoms with Crippen molar-refractivity contribution >= 4 is 32.3 Å². The maximum Gasteiger partial charge on any atom is -0.0146 e. The Morgan fingerprint density at radius 3 is 1.40 bits per heavy atom. The van der Waals surface area contributed by atoms with Crippen LogP contribution < -0.4 is 0 Å². The highest BCUT2D eigenvalue weighted by Gasteiger charge is 2.07. The van der Waals surface area contributed by atoms with Crippen LogP contribution >= 0.6 is 0 Å². The van der Waals surface area contributed by atoms with Crippen LogP contribution in [0.15, 0.2) is 60.7 Å². The topological polar surface area (TPSA) is 0 Å². The molecule has 4 aromatic rings. The molecule has 30 heavy (non-hydrogen) atoms. The Morgan fingerprint density at radius 1 is 0.467 bits per heavy atom. The first-order valence-electron chi connectivity index (χ1n) is 12.2. The number of aryl methyl sites for hydroxylation is 2. The van der Waals surface area contributed by atoms with Crippen molar-refractivity contribution in [3.8, 4) is 0 Å². The van der Waals surface area contributed by atoms with Gasteiger partial charge in [0.25, 0.3) is 0 Å². The quantitative estimate of drug-likeness (QED) is 0.185. The summed E-state index contributed by atoms with van der Waals surface area (Å²) in [4.78, 5) is 0. The van der Waals surface area contributed by atoms with Crippen molar-refractivity contribution in [2.45, 2.75) is 78.1 Å². The molecule has 0 radical (unpaired) electrons. The van der Waals surface area contributed by atoms with Crippen LogP contribution in [0.1, 0.15) is 76.3 Å². The Labute approximate surface area is 182 Å². The molecule has 0 heterocycles. The van der Waals surface area contributed by atoms with Gasteiger partial charge in [0.1, 0.15) is 0 Å². The SMILES string of the molecule is CCCCCCc1cccc2cc3cc4cccc(CCCCCC)c4cc3cc12. The fourth-order valence-corrected chi connectivity index (χ4v) is 4.85. The average Bonchev–Trinajstić information content (AvgIpc) is 2.77. The van der Waals surface area contributed by atoms with E-state index in [2.05, 4.69) is 74.5 Å². The molecule has 0 heteroatoms. The van der Waals surface area contributed by atoms with E-state index in [0.29, 0.717) is 0 Å². The first-order valence-corrected chi connectivity index (χ1v) is 12.2. The highest BCUT2D eigenvalue weighted by molar-refractivity contribution is 6.06. The third kappa shape index (κ3) is 4.69. The van der Waals surface area contributed by atoms with Crippen LogP contribution in [0.2, 0.25) is 0 Å². The molecule has 0 aromatic heterocycles. The molecule has 0 bridgehead atoms. The van der Waals surface area contributed by atoms with Crippen LogP contribution in [-0.2, 0) is 12.8 Å². The van der Waals surface area contributed by atoms with Crippen molar-refractivity contribution in [3.63, 3.8) is 0 Å². The van der Waals surface area contributed by atoms with E-state index < -0.39 is 0 Å². The maximum atomic E-state index is 2.45. The average molecular weight is 397 g/mol. The van der Waals surface area contributed by atoms with Crippen LogP contribution in [0.5, 0.6) is 0 Å². The van der Waals surface area contributed by atoms with Gasteiger partial charge in [-0.05, 0) is 93.4 Å². The molecule has 0 N–H and O–H groups in total. The molecule has 0 unspecified atom stereocenters. The molecule has 0 saturated carbocycles. The summed E-state index contributed by atoms with van der Waals surface area (Å²) in [5.74, 6) is 0. The highest BCUT2D eigenvalue weighted by atomic mass is 14.1. The molecule has 0 amide bonds. The predicted octanol–water partition coefficient (Wildman–Crippen LogP) is 9.39. The molecular weight excluding hydrogens is 360 g/mol. The first-order chi connectivity index (χ1) is 14.8. The molecule has 156 valence electrons. The number of fused-ring (bicyclic) bond motifs is 3. The van der Waals surface area contributed by atoms with Crippen molar-refractivity contribution in [1.29, 1.82) is 0 Å². The second-order valence-electron chi connectivity index (χ2n) is 8.95. The number of unbranched alkanes of at least 4 members (excludes halogenated alkanes) is 6. The van der Waals surface area contributed by atoms with E-state index >= 15 is 0 Å². The van der Waals surface area contributed by atoms with Gasteiger partial charge in [-0.25, -0.2) is 0 Å². The monoisotopic (exact) mass is 396 g/mol. The third-order valence-electron chi connectivity index (χ3n) is 6.61. The largest absolute Gasteiger partial charge is 0.0654 e. The summed E-state index contributed by atoms with van der Waals surface area (Å²) < 4.78 is 0. The van der Waals surface area contributed by atoms with E-state index in [4.69, 9.17) is 0 Å². The lowest BCUT2D eigenvalue weighted by molar-refractivity contribution is 0.668. The molecule has 4 aromatic carbocycles. The molecule has 0 saturated heterocycles. The Kier molecular flexibility index (Phi) is 7.05. The summed E-state index contributed by atoms with van der Waals surface area (Å²) in [7, 11) is 0. The van der Waals surface area contributed by atoms with Gasteiger partial charge in [-0.15, -0.1) is 0 Å². The summed E-state index contributed by atoms with van der Waals surface area (Å²) in [6.45, 7) is 4.57. The summed E-state index contributed by atoms with van der Waals surface area (Å²) >= 11 is 0. The minimum Gasteiger partial charge on any atom is -0.0654 e. The van der Waals surface area contributed by atoms with Crippen molar-refractivity contribution in [1.82, 2.24) is 0 Å². The van der Waals surface area contributed by atoms with E-state index in [1.165, 1.54) is 108 Å². The summed E-state index contributed by atoms with van der Waals surface area (Å²) in [6, 6.07) is 23.4. The molecule has 4 rings (SSSR count). The lowest BCUT2D eigenvalue weighted by atomic mass is 9.93. The predicted molar refractivity (Wildman–Crippen MR) is 135 cm³/mol. The highest BCUT2D eigenvalue weighted by Crippen LogP contribution is 2.31. The number of rotatable bonds is 10. The first kappa shape index (κ1) is 20.9. The fourth-order valence-electron chi connectivity index (χ4n) is 4.85. The van der Waals surface area contributed by atoms with E-state index in [9.17, 15) is 0 Å². The number of hydrogen-bond donors (Lipinski definition) is 0. The minimum atomic E-state index is 1.19. The summed E-state index contributed by atoms with van der Waals surface area (Å²) in [5, 5.41) is 8.40. The Balaban J connectivity index is 1.71. The van der Waals surface area contributed by atoms with Crippen LogP contribution in [0.4, 0.5) is 0 Å². The molecule has 0 atom stereocenters. The molecule has 0 fully saturated rings. The maximum absolute atomic E-state index is 2.45. The van der Waals surface area contributed by atoms with Crippen molar-refractivity contribution in [3.05, 3.63) is 71.8 Å². The number of hydrogen-bond acceptors (Lipinski definition) is 0. The van der Waals surface area contributed by atoms with E-state index in [1.807, 2.05) is 0 Å². The molecule has 0 spiro atoms. The van der Waals surface area contributed by atoms with Gasteiger partial charge in [-0.3, -0.25) is 0 Å². The third-order valence-corrected chi connectivity index (χ3v) is 6.61. The molecule has 0 nitrogen and oxygen atoms in total. The zero-order valence-corrected chi connectivity index (χ0v) is 18.8. The van der Waals surface area contributed by atoms with E-state index in [1.54, 1.807) is 0 Å². The fraction of sp³-hybridized carbons (Fsp3) is 0.400. The number of benzene rings is 4. The van der Waals surface area contributed by atoms with Gasteiger partial charge in [0, 0.05) is 0 Å². The Hall–Kier alpha value is -2.34. The Bertz CT molecular complexity index is 1030. The smallest absolute Gasteiger partial charge is 0.0146 e. The van der Waals surface area contributed by atoms with Crippen LogP contribution in [-0.4, -0.2) is 0 Å². The summed E-state index contributed by atoms with van der Waals surface area (Å²) in [6.07, 6.45) is 13.0. The van der Waals surface area contributed by atoms with Gasteiger partial charge in [-0.1, -0.05) is 88.8 Å². The van der Waals surface area contributed by atoms with Gasteiger partial charge >= 0.3 is 0 Å². The van der Waals surface area contributed by atoms with Crippen LogP contribution in [0.25, 0.3) is 32.3 Å². The summed E-state index contributed by atoms with van der Waals surface area (Å²) in [5.41, 5.74) is 3.02. The van der Waals surface area contributed by atoms with Gasteiger partial charge in [-0.2, -0.15) is 0 Å². The normalized spacial score (nSPS) is 11.7. The van der Waals surface area contributed by atoms with Gasteiger partial charge in [0.05, 0.1) is 0 Å². The second kappa shape index (κ2) is 10.1. The standard InChI is InChI=1S/C30H36/c1-3-5-7-9-13-23-15-11-17-25-19-27-20-26-18-12-16-24(14-10-8-6-4-2)30(26)22-28(27)21-29(23)25/h11-12,15-22H,3-10,13-14H2,1-2H3. The molecular formula is C30H36. The van der Waals surface area contributed by atoms with Crippen molar-refractivity contribution in [2.24, 2.45) is 0 Å². The van der Waals surface area contributed by atoms with E-state index in [0.717, 1.165) is 0 Å². The van der Waals surface area contributed by atoms with Gasteiger partial charge in [0.15, 0.2) is 0 Å². The van der Waals surface area contributed by atoms with Crippen LogP contribution in [0.3, 0.4) is 0 Å². The zero-order valence-electron chi connectivity index (χ0n) is 18.8. The van der Waals surface area contributed by atoms with Crippen LogP contribution in [0, 0.1) is 0 Å².